The maximum absolute atomic E-state index is 9.69. The Bertz CT molecular complexity index is 476. The average Bonchev–Trinajstić information content (AvgIpc) is 2.51. The predicted molar refractivity (Wildman–Crippen MR) is 80.7 cm³/mol. The van der Waals surface area contributed by atoms with Crippen LogP contribution in [-0.2, 0) is 0 Å². The van der Waals surface area contributed by atoms with Crippen LogP contribution in [0.1, 0.15) is 18.9 Å². The maximum Gasteiger partial charge on any atom is 0.170 e. The van der Waals surface area contributed by atoms with Gasteiger partial charge in [-0.3, -0.25) is 4.90 Å². The van der Waals surface area contributed by atoms with Crippen LogP contribution < -0.4 is 10.5 Å². The van der Waals surface area contributed by atoms with Crippen LogP contribution in [0, 0.1) is 5.92 Å². The van der Waals surface area contributed by atoms with E-state index in [0.29, 0.717) is 18.1 Å². The second kappa shape index (κ2) is 7.28. The fraction of sp³-hybridized carbons (Fsp3) is 0.533. The topological polar surface area (TPSA) is 91.3 Å². The predicted octanol–water partition coefficient (Wildman–Crippen LogP) is 0.863. The van der Waals surface area contributed by atoms with Gasteiger partial charge in [0.05, 0.1) is 6.10 Å². The van der Waals surface area contributed by atoms with Crippen molar-refractivity contribution >= 4 is 5.84 Å². The second-order valence-corrected chi connectivity index (χ2v) is 5.49. The number of hydrogen-bond donors (Lipinski definition) is 3. The van der Waals surface area contributed by atoms with Crippen molar-refractivity contribution in [3.05, 3.63) is 29.8 Å². The Hall–Kier alpha value is -1.79. The number of nitrogens with zero attached hydrogens (tertiary/aromatic N) is 2. The van der Waals surface area contributed by atoms with Gasteiger partial charge >= 0.3 is 0 Å². The van der Waals surface area contributed by atoms with Gasteiger partial charge in [0.15, 0.2) is 5.84 Å². The van der Waals surface area contributed by atoms with E-state index in [1.165, 1.54) is 0 Å². The molecule has 116 valence electrons. The number of hydrogen-bond acceptors (Lipinski definition) is 5. The number of oxime groups is 1. The minimum Gasteiger partial charge on any atom is -0.492 e. The summed E-state index contributed by atoms with van der Waals surface area (Å²) in [6, 6.07) is 7.11. The van der Waals surface area contributed by atoms with Gasteiger partial charge in [0, 0.05) is 25.2 Å². The van der Waals surface area contributed by atoms with E-state index in [1.807, 2.05) is 0 Å². The molecule has 1 fully saturated rings. The highest BCUT2D eigenvalue weighted by atomic mass is 16.5. The Labute approximate surface area is 124 Å². The number of rotatable bonds is 5. The molecule has 0 radical (unpaired) electrons. The molecule has 1 aromatic carbocycles. The summed E-state index contributed by atoms with van der Waals surface area (Å²) in [4.78, 5) is 2.31. The lowest BCUT2D eigenvalue weighted by Gasteiger charge is -2.34. The summed E-state index contributed by atoms with van der Waals surface area (Å²) in [6.07, 6.45) is 0.656. The fourth-order valence-electron chi connectivity index (χ4n) is 2.49. The van der Waals surface area contributed by atoms with Crippen LogP contribution in [0.2, 0.25) is 0 Å². The Kier molecular flexibility index (Phi) is 5.41. The highest BCUT2D eigenvalue weighted by Crippen LogP contribution is 2.16. The highest BCUT2D eigenvalue weighted by molar-refractivity contribution is 5.97. The lowest BCUT2D eigenvalue weighted by molar-refractivity contribution is 0.0304. The van der Waals surface area contributed by atoms with Gasteiger partial charge in [-0.2, -0.15) is 0 Å². The molecule has 0 bridgehead atoms. The fourth-order valence-corrected chi connectivity index (χ4v) is 2.49. The molecule has 1 aliphatic heterocycles. The smallest absolute Gasteiger partial charge is 0.170 e. The van der Waals surface area contributed by atoms with Crippen molar-refractivity contribution in [1.82, 2.24) is 4.90 Å². The van der Waals surface area contributed by atoms with Crippen molar-refractivity contribution in [1.29, 1.82) is 0 Å². The van der Waals surface area contributed by atoms with Gasteiger partial charge in [0.25, 0.3) is 0 Å². The van der Waals surface area contributed by atoms with E-state index in [1.54, 1.807) is 24.3 Å². The molecule has 6 heteroatoms. The molecule has 0 aromatic heterocycles. The van der Waals surface area contributed by atoms with Gasteiger partial charge in [-0.05, 0) is 36.6 Å². The van der Waals surface area contributed by atoms with Gasteiger partial charge in [-0.15, -0.1) is 0 Å². The van der Waals surface area contributed by atoms with Gasteiger partial charge in [-0.1, -0.05) is 12.1 Å². The largest absolute Gasteiger partial charge is 0.492 e. The second-order valence-electron chi connectivity index (χ2n) is 5.49. The lowest BCUT2D eigenvalue weighted by atomic mass is 9.97. The van der Waals surface area contributed by atoms with Crippen molar-refractivity contribution in [3.8, 4) is 5.75 Å². The first kappa shape index (κ1) is 15.6. The van der Waals surface area contributed by atoms with Crippen LogP contribution in [0.25, 0.3) is 0 Å². The van der Waals surface area contributed by atoms with Crippen LogP contribution >= 0.6 is 0 Å². The summed E-state index contributed by atoms with van der Waals surface area (Å²) in [5.41, 5.74) is 6.15. The molecule has 0 aliphatic carbocycles. The summed E-state index contributed by atoms with van der Waals surface area (Å²) in [5.74, 6) is 1.16. The number of likely N-dealkylation sites (tertiary alicyclic amines) is 1. The quantitative estimate of drug-likeness (QED) is 0.324. The van der Waals surface area contributed by atoms with E-state index in [9.17, 15) is 5.11 Å². The van der Waals surface area contributed by atoms with E-state index in [2.05, 4.69) is 17.0 Å². The average molecular weight is 293 g/mol. The third kappa shape index (κ3) is 4.34. The zero-order valence-electron chi connectivity index (χ0n) is 12.3. The Morgan fingerprint density at radius 3 is 2.76 bits per heavy atom. The van der Waals surface area contributed by atoms with Gasteiger partial charge < -0.3 is 20.8 Å². The minimum atomic E-state index is -0.173. The highest BCUT2D eigenvalue weighted by Gasteiger charge is 2.23. The summed E-state index contributed by atoms with van der Waals surface area (Å²) >= 11 is 0. The van der Waals surface area contributed by atoms with Crippen LogP contribution in [0.4, 0.5) is 0 Å². The van der Waals surface area contributed by atoms with E-state index in [4.69, 9.17) is 15.7 Å². The number of piperidine rings is 1. The van der Waals surface area contributed by atoms with Crippen molar-refractivity contribution < 1.29 is 15.1 Å². The molecule has 21 heavy (non-hydrogen) atoms. The van der Waals surface area contributed by atoms with Crippen molar-refractivity contribution in [3.63, 3.8) is 0 Å². The van der Waals surface area contributed by atoms with Crippen LogP contribution in [0.3, 0.4) is 0 Å². The minimum absolute atomic E-state index is 0.0856. The molecule has 0 saturated carbocycles. The van der Waals surface area contributed by atoms with E-state index >= 15 is 0 Å². The molecule has 2 rings (SSSR count). The first-order valence-electron chi connectivity index (χ1n) is 7.21. The molecule has 2 unspecified atom stereocenters. The molecule has 0 amide bonds. The van der Waals surface area contributed by atoms with E-state index in [-0.39, 0.29) is 11.9 Å². The Morgan fingerprint density at radius 1 is 1.43 bits per heavy atom. The van der Waals surface area contributed by atoms with E-state index < -0.39 is 0 Å². The normalized spacial score (nSPS) is 24.0. The molecule has 1 heterocycles. The molecular formula is C15H23N3O3. The van der Waals surface area contributed by atoms with E-state index in [0.717, 1.165) is 31.8 Å². The summed E-state index contributed by atoms with van der Waals surface area (Å²) in [6.45, 7) is 5.35. The third-order valence-corrected chi connectivity index (χ3v) is 3.88. The standard InChI is InChI=1S/C15H23N3O3/c1-11-10-18(7-6-14(11)19)8-9-21-13-4-2-12(3-5-13)15(16)17-20/h2-5,11,14,19-20H,6-10H2,1H3,(H2,16,17). The number of benzene rings is 1. The molecule has 4 N–H and O–H groups in total. The van der Waals surface area contributed by atoms with Gasteiger partial charge in [0.1, 0.15) is 12.4 Å². The molecule has 2 atom stereocenters. The number of aliphatic hydroxyl groups excluding tert-OH is 1. The van der Waals surface area contributed by atoms with Crippen LogP contribution in [0.5, 0.6) is 5.75 Å². The first-order valence-corrected chi connectivity index (χ1v) is 7.21. The van der Waals surface area contributed by atoms with Gasteiger partial charge in [-0.25, -0.2) is 0 Å². The number of aliphatic hydroxyl groups is 1. The zero-order valence-corrected chi connectivity index (χ0v) is 12.3. The van der Waals surface area contributed by atoms with Crippen molar-refractivity contribution in [2.75, 3.05) is 26.2 Å². The van der Waals surface area contributed by atoms with Gasteiger partial charge in [0.2, 0.25) is 0 Å². The molecular weight excluding hydrogens is 270 g/mol. The molecule has 1 aromatic rings. The van der Waals surface area contributed by atoms with Crippen LogP contribution in [0.15, 0.2) is 29.4 Å². The Balaban J connectivity index is 1.76. The molecule has 0 spiro atoms. The molecule has 6 nitrogen and oxygen atoms in total. The summed E-state index contributed by atoms with van der Waals surface area (Å²) < 4.78 is 5.69. The SMILES string of the molecule is CC1CN(CCOc2ccc(/C(N)=N/O)cc2)CCC1O. The Morgan fingerprint density at radius 2 is 2.14 bits per heavy atom. The first-order chi connectivity index (χ1) is 10.1. The third-order valence-electron chi connectivity index (χ3n) is 3.88. The maximum atomic E-state index is 9.69. The number of nitrogens with two attached hydrogens (primary N) is 1. The molecule has 1 aliphatic rings. The monoisotopic (exact) mass is 293 g/mol. The number of amidine groups is 1. The number of ether oxygens (including phenoxy) is 1. The lowest BCUT2D eigenvalue weighted by Crippen LogP contribution is -2.43. The zero-order chi connectivity index (χ0) is 15.2. The van der Waals surface area contributed by atoms with Crippen molar-refractivity contribution in [2.24, 2.45) is 16.8 Å². The summed E-state index contributed by atoms with van der Waals surface area (Å²) in [7, 11) is 0. The van der Waals surface area contributed by atoms with Crippen LogP contribution in [-0.4, -0.2) is 53.4 Å². The molecule has 1 saturated heterocycles. The summed E-state index contributed by atoms with van der Waals surface area (Å²) in [5, 5.41) is 21.2. The van der Waals surface area contributed by atoms with Crippen molar-refractivity contribution in [2.45, 2.75) is 19.4 Å².